The molecule has 1 aliphatic rings. The maximum Gasteiger partial charge on any atom is 0.471 e. The fourth-order valence-electron chi connectivity index (χ4n) is 2.07. The predicted molar refractivity (Wildman–Crippen MR) is 57.0 cm³/mol. The number of fused-ring (bicyclic) bond motifs is 1. The summed E-state index contributed by atoms with van der Waals surface area (Å²) in [7, 11) is 0. The molecule has 2 rings (SSSR count). The summed E-state index contributed by atoms with van der Waals surface area (Å²) in [6, 6.07) is 5.64. The molecule has 3 nitrogen and oxygen atoms in total. The van der Waals surface area contributed by atoms with Crippen molar-refractivity contribution in [3.05, 3.63) is 35.4 Å². The molecule has 0 radical (unpaired) electrons. The zero-order valence-electron chi connectivity index (χ0n) is 9.49. The highest BCUT2D eigenvalue weighted by Gasteiger charge is 2.46. The third-order valence-corrected chi connectivity index (χ3v) is 3.00. The van der Waals surface area contributed by atoms with Crippen molar-refractivity contribution in [3.63, 3.8) is 0 Å². The first-order chi connectivity index (χ1) is 8.32. The summed E-state index contributed by atoms with van der Waals surface area (Å²) in [4.78, 5) is 23.5. The number of carbonyl (C=O) groups is 2. The van der Waals surface area contributed by atoms with E-state index in [0.717, 1.165) is 0 Å². The Morgan fingerprint density at radius 1 is 1.33 bits per heavy atom. The quantitative estimate of drug-likeness (QED) is 0.715. The molecule has 1 heterocycles. The normalized spacial score (nSPS) is 19.7. The first kappa shape index (κ1) is 12.6. The highest BCUT2D eigenvalue weighted by Crippen LogP contribution is 2.32. The van der Waals surface area contributed by atoms with E-state index in [0.29, 0.717) is 16.0 Å². The molecule has 0 N–H and O–H groups in total. The van der Waals surface area contributed by atoms with E-state index in [4.69, 9.17) is 0 Å². The van der Waals surface area contributed by atoms with Crippen LogP contribution in [0.2, 0.25) is 0 Å². The Labute approximate surface area is 101 Å². The molecule has 0 saturated carbocycles. The van der Waals surface area contributed by atoms with E-state index < -0.39 is 30.5 Å². The second-order valence-electron chi connectivity index (χ2n) is 4.12. The lowest BCUT2D eigenvalue weighted by atomic mass is 9.92. The van der Waals surface area contributed by atoms with Crippen LogP contribution >= 0.6 is 0 Å². The Morgan fingerprint density at radius 2 is 1.94 bits per heavy atom. The Hall–Kier alpha value is -1.85. The van der Waals surface area contributed by atoms with Gasteiger partial charge in [-0.1, -0.05) is 24.3 Å². The number of ketones is 1. The fraction of sp³-hybridized carbons (Fsp3) is 0.333. The molecule has 1 atom stereocenters. The van der Waals surface area contributed by atoms with E-state index >= 15 is 0 Å². The van der Waals surface area contributed by atoms with Crippen molar-refractivity contribution >= 4 is 11.7 Å². The first-order valence-corrected chi connectivity index (χ1v) is 5.32. The largest absolute Gasteiger partial charge is 0.471 e. The van der Waals surface area contributed by atoms with Crippen LogP contribution < -0.4 is 0 Å². The number of amides is 1. The van der Waals surface area contributed by atoms with Gasteiger partial charge in [-0.05, 0) is 12.5 Å². The zero-order chi connectivity index (χ0) is 13.5. The van der Waals surface area contributed by atoms with Crippen molar-refractivity contribution in [2.75, 3.05) is 6.54 Å². The smallest absolute Gasteiger partial charge is 0.320 e. The summed E-state index contributed by atoms with van der Waals surface area (Å²) < 4.78 is 37.2. The van der Waals surface area contributed by atoms with E-state index in [1.165, 1.54) is 6.92 Å². The summed E-state index contributed by atoms with van der Waals surface area (Å²) in [5.74, 6) is -2.45. The highest BCUT2D eigenvalue weighted by molar-refractivity contribution is 6.02. The lowest BCUT2D eigenvalue weighted by Crippen LogP contribution is -2.47. The molecule has 6 heteroatoms. The second kappa shape index (κ2) is 4.12. The molecule has 0 spiro atoms. The number of hydrogen-bond donors (Lipinski definition) is 0. The van der Waals surface area contributed by atoms with Gasteiger partial charge in [-0.3, -0.25) is 9.59 Å². The van der Waals surface area contributed by atoms with Gasteiger partial charge in [-0.15, -0.1) is 0 Å². The third-order valence-electron chi connectivity index (χ3n) is 3.00. The summed E-state index contributed by atoms with van der Waals surface area (Å²) in [6.45, 7) is 0.950. The van der Waals surface area contributed by atoms with Crippen LogP contribution in [0.4, 0.5) is 13.2 Å². The van der Waals surface area contributed by atoms with Crippen molar-refractivity contribution in [1.82, 2.24) is 4.90 Å². The molecule has 1 aromatic carbocycles. The number of hydrogen-bond acceptors (Lipinski definition) is 2. The fourth-order valence-corrected chi connectivity index (χ4v) is 2.07. The molecule has 0 aliphatic carbocycles. The zero-order valence-corrected chi connectivity index (χ0v) is 9.49. The minimum atomic E-state index is -4.96. The van der Waals surface area contributed by atoms with E-state index in [9.17, 15) is 22.8 Å². The number of halogens is 3. The van der Waals surface area contributed by atoms with E-state index in [1.807, 2.05) is 0 Å². The molecule has 0 saturated heterocycles. The van der Waals surface area contributed by atoms with Crippen LogP contribution in [0.3, 0.4) is 0 Å². The first-order valence-electron chi connectivity index (χ1n) is 5.32. The Balaban J connectivity index is 2.40. The van der Waals surface area contributed by atoms with E-state index in [-0.39, 0.29) is 0 Å². The van der Waals surface area contributed by atoms with Crippen molar-refractivity contribution < 1.29 is 22.8 Å². The molecule has 96 valence electrons. The van der Waals surface area contributed by atoms with Crippen LogP contribution in [0.1, 0.15) is 28.9 Å². The van der Waals surface area contributed by atoms with Gasteiger partial charge in [0.25, 0.3) is 0 Å². The molecule has 1 amide bonds. The van der Waals surface area contributed by atoms with E-state index in [2.05, 4.69) is 0 Å². The highest BCUT2D eigenvalue weighted by atomic mass is 19.4. The van der Waals surface area contributed by atoms with Gasteiger partial charge in [-0.25, -0.2) is 0 Å². The number of benzene rings is 1. The minimum Gasteiger partial charge on any atom is -0.320 e. The van der Waals surface area contributed by atoms with Crippen LogP contribution in [0, 0.1) is 0 Å². The SMILES string of the molecule is C[C@@H]1c2ccccc2C(=O)CN1C(=O)C(F)(F)F. The van der Waals surface area contributed by atoms with Gasteiger partial charge in [0.1, 0.15) is 0 Å². The third kappa shape index (κ3) is 1.98. The Bertz CT molecular complexity index is 510. The monoisotopic (exact) mass is 257 g/mol. The average Bonchev–Trinajstić information content (AvgIpc) is 2.32. The lowest BCUT2D eigenvalue weighted by Gasteiger charge is -2.34. The summed E-state index contributed by atoms with van der Waals surface area (Å²) in [5, 5.41) is 0. The van der Waals surface area contributed by atoms with Crippen molar-refractivity contribution in [2.24, 2.45) is 0 Å². The Kier molecular flexibility index (Phi) is 2.88. The van der Waals surface area contributed by atoms with Crippen LogP contribution in [0.5, 0.6) is 0 Å². The molecule has 0 fully saturated rings. The molecule has 1 aromatic rings. The van der Waals surface area contributed by atoms with Crippen LogP contribution in [-0.2, 0) is 4.79 Å². The van der Waals surface area contributed by atoms with E-state index in [1.54, 1.807) is 24.3 Å². The van der Waals surface area contributed by atoms with Gasteiger partial charge in [0.15, 0.2) is 5.78 Å². The maximum absolute atomic E-state index is 12.4. The number of rotatable bonds is 0. The van der Waals surface area contributed by atoms with Crippen molar-refractivity contribution in [1.29, 1.82) is 0 Å². The predicted octanol–water partition coefficient (Wildman–Crippen LogP) is 2.33. The molecular formula is C12H10F3NO2. The molecule has 0 aromatic heterocycles. The van der Waals surface area contributed by atoms with Crippen molar-refractivity contribution in [2.45, 2.75) is 19.1 Å². The van der Waals surface area contributed by atoms with Gasteiger partial charge < -0.3 is 4.90 Å². The van der Waals surface area contributed by atoms with Crippen molar-refractivity contribution in [3.8, 4) is 0 Å². The summed E-state index contributed by atoms with van der Waals surface area (Å²) in [5.41, 5.74) is 0.836. The number of nitrogens with zero attached hydrogens (tertiary/aromatic N) is 1. The van der Waals surface area contributed by atoms with Gasteiger partial charge in [-0.2, -0.15) is 13.2 Å². The van der Waals surface area contributed by atoms with Gasteiger partial charge in [0.2, 0.25) is 0 Å². The molecule has 18 heavy (non-hydrogen) atoms. The molecule has 1 aliphatic heterocycles. The lowest BCUT2D eigenvalue weighted by molar-refractivity contribution is -0.187. The summed E-state index contributed by atoms with van der Waals surface area (Å²) >= 11 is 0. The number of carbonyl (C=O) groups excluding carboxylic acids is 2. The van der Waals surface area contributed by atoms with Crippen LogP contribution in [-0.4, -0.2) is 29.3 Å². The molecule has 0 bridgehead atoms. The van der Waals surface area contributed by atoms with Gasteiger partial charge in [0, 0.05) is 5.56 Å². The minimum absolute atomic E-state index is 0.385. The van der Waals surface area contributed by atoms with Gasteiger partial charge >= 0.3 is 12.1 Å². The summed E-state index contributed by atoms with van der Waals surface area (Å²) in [6.07, 6.45) is -4.96. The maximum atomic E-state index is 12.4. The van der Waals surface area contributed by atoms with Crippen LogP contribution in [0.25, 0.3) is 0 Å². The Morgan fingerprint density at radius 3 is 2.56 bits per heavy atom. The van der Waals surface area contributed by atoms with Gasteiger partial charge in [0.05, 0.1) is 12.6 Å². The standard InChI is InChI=1S/C12H10F3NO2/c1-7-8-4-2-3-5-9(8)10(17)6-16(7)11(18)12(13,14)15/h2-5,7H,6H2,1H3/t7-/m1/s1. The molecular weight excluding hydrogens is 247 g/mol. The molecule has 0 unspecified atom stereocenters. The van der Waals surface area contributed by atoms with Crippen LogP contribution in [0.15, 0.2) is 24.3 Å². The number of alkyl halides is 3. The second-order valence-corrected chi connectivity index (χ2v) is 4.12. The number of Topliss-reactive ketones (excluding diaryl/α,β-unsaturated/α-hetero) is 1. The average molecular weight is 257 g/mol. The topological polar surface area (TPSA) is 37.4 Å².